The summed E-state index contributed by atoms with van der Waals surface area (Å²) in [7, 11) is 0. The summed E-state index contributed by atoms with van der Waals surface area (Å²) in [6.45, 7) is 0.592. The highest BCUT2D eigenvalue weighted by Gasteiger charge is 2.25. The van der Waals surface area contributed by atoms with Crippen molar-refractivity contribution in [3.05, 3.63) is 0 Å². The van der Waals surface area contributed by atoms with E-state index in [1.807, 2.05) is 0 Å². The molecule has 0 atom stereocenters. The molecule has 11 heavy (non-hydrogen) atoms. The Morgan fingerprint density at radius 2 is 2.36 bits per heavy atom. The van der Waals surface area contributed by atoms with Gasteiger partial charge in [0.1, 0.15) is 6.54 Å². The number of nitrogens with zero attached hydrogens (tertiary/aromatic N) is 1. The van der Waals surface area contributed by atoms with Gasteiger partial charge in [0.2, 0.25) is 5.91 Å². The minimum Gasteiger partial charge on any atom is -0.314 e. The lowest BCUT2D eigenvalue weighted by molar-refractivity contribution is -0.118. The summed E-state index contributed by atoms with van der Waals surface area (Å²) < 4.78 is 0. The van der Waals surface area contributed by atoms with E-state index in [1.165, 1.54) is 4.90 Å². The van der Waals surface area contributed by atoms with E-state index in [0.29, 0.717) is 13.0 Å². The number of amides is 3. The van der Waals surface area contributed by atoms with Gasteiger partial charge < -0.3 is 4.90 Å². The molecular weight excluding hydrogens is 144 g/mol. The predicted molar refractivity (Wildman–Crippen MR) is 38.6 cm³/mol. The lowest BCUT2D eigenvalue weighted by atomic mass is 10.4. The van der Waals surface area contributed by atoms with Crippen molar-refractivity contribution in [3.63, 3.8) is 0 Å². The van der Waals surface area contributed by atoms with E-state index in [9.17, 15) is 9.59 Å². The number of nitrogens with one attached hydrogen (secondary N) is 1. The minimum atomic E-state index is -0.342. The largest absolute Gasteiger partial charge is 0.324 e. The van der Waals surface area contributed by atoms with Crippen molar-refractivity contribution in [3.8, 4) is 12.3 Å². The number of carbonyl (C=O) groups excluding carboxylic acids is 2. The molecule has 1 aliphatic heterocycles. The number of terminal acetylenes is 1. The molecule has 0 aromatic carbocycles. The number of imide groups is 1. The summed E-state index contributed by atoms with van der Waals surface area (Å²) >= 11 is 0. The molecule has 4 heteroatoms. The van der Waals surface area contributed by atoms with Gasteiger partial charge in [-0.15, -0.1) is 12.3 Å². The first-order valence-electron chi connectivity index (χ1n) is 3.26. The molecule has 1 fully saturated rings. The normalized spacial score (nSPS) is 16.5. The highest BCUT2D eigenvalue weighted by Crippen LogP contribution is 1.97. The van der Waals surface area contributed by atoms with Crippen molar-refractivity contribution in [1.29, 1.82) is 0 Å². The molecule has 0 unspecified atom stereocenters. The maximum atomic E-state index is 10.8. The van der Waals surface area contributed by atoms with Gasteiger partial charge in [-0.05, 0) is 0 Å². The van der Waals surface area contributed by atoms with E-state index in [0.717, 1.165) is 0 Å². The van der Waals surface area contributed by atoms with E-state index in [4.69, 9.17) is 6.42 Å². The quantitative estimate of drug-likeness (QED) is 0.431. The second-order valence-electron chi connectivity index (χ2n) is 2.23. The van der Waals surface area contributed by atoms with Crippen molar-refractivity contribution in [1.82, 2.24) is 10.2 Å². The number of hydrogen-bond acceptors (Lipinski definition) is 2. The molecule has 0 aliphatic carbocycles. The molecule has 1 aliphatic rings. The first-order valence-corrected chi connectivity index (χ1v) is 3.26. The monoisotopic (exact) mass is 152 g/mol. The van der Waals surface area contributed by atoms with Crippen LogP contribution in [-0.4, -0.2) is 29.9 Å². The van der Waals surface area contributed by atoms with Crippen LogP contribution in [0.15, 0.2) is 0 Å². The zero-order chi connectivity index (χ0) is 8.27. The van der Waals surface area contributed by atoms with Crippen LogP contribution in [0, 0.1) is 12.3 Å². The van der Waals surface area contributed by atoms with Gasteiger partial charge in [-0.25, -0.2) is 4.79 Å². The molecule has 58 valence electrons. The van der Waals surface area contributed by atoms with Gasteiger partial charge in [0.25, 0.3) is 0 Å². The Hall–Kier alpha value is -1.50. The van der Waals surface area contributed by atoms with Gasteiger partial charge >= 0.3 is 6.03 Å². The molecule has 0 aromatic rings. The fourth-order valence-electron chi connectivity index (χ4n) is 0.863. The summed E-state index contributed by atoms with van der Waals surface area (Å²) in [5, 5.41) is 2.16. The third kappa shape index (κ3) is 1.71. The molecule has 4 nitrogen and oxygen atoms in total. The molecule has 0 bridgehead atoms. The summed E-state index contributed by atoms with van der Waals surface area (Å²) in [6.07, 6.45) is 5.48. The molecule has 3 amide bonds. The Balaban J connectivity index is 2.42. The SMILES string of the molecule is C#CCCN1CC(=O)NC1=O. The van der Waals surface area contributed by atoms with E-state index >= 15 is 0 Å². The van der Waals surface area contributed by atoms with Crippen LogP contribution in [0.2, 0.25) is 0 Å². The topological polar surface area (TPSA) is 49.4 Å². The van der Waals surface area contributed by atoms with Crippen LogP contribution in [0.3, 0.4) is 0 Å². The summed E-state index contributed by atoms with van der Waals surface area (Å²) in [4.78, 5) is 22.8. The van der Waals surface area contributed by atoms with Crippen molar-refractivity contribution in [2.24, 2.45) is 0 Å². The average molecular weight is 152 g/mol. The van der Waals surface area contributed by atoms with Crippen LogP contribution in [-0.2, 0) is 4.79 Å². The van der Waals surface area contributed by atoms with Crippen molar-refractivity contribution in [2.45, 2.75) is 6.42 Å². The Labute approximate surface area is 64.6 Å². The highest BCUT2D eigenvalue weighted by molar-refractivity contribution is 6.01. The summed E-state index contributed by atoms with van der Waals surface area (Å²) in [5.74, 6) is 2.14. The first-order chi connectivity index (χ1) is 5.24. The molecule has 1 heterocycles. The lowest BCUT2D eigenvalue weighted by Crippen LogP contribution is -2.28. The fraction of sp³-hybridized carbons (Fsp3) is 0.429. The van der Waals surface area contributed by atoms with E-state index in [1.54, 1.807) is 0 Å². The standard InChI is InChI=1S/C7H8N2O2/c1-2-3-4-9-5-6(10)8-7(9)11/h1H,3-5H2,(H,8,10,11). The van der Waals surface area contributed by atoms with Gasteiger partial charge in [-0.3, -0.25) is 10.1 Å². The predicted octanol–water partition coefficient (Wildman–Crippen LogP) is -0.438. The molecule has 1 rings (SSSR count). The van der Waals surface area contributed by atoms with Crippen LogP contribution in [0.5, 0.6) is 0 Å². The summed E-state index contributed by atoms with van der Waals surface area (Å²) in [6, 6.07) is -0.342. The number of carbonyl (C=O) groups is 2. The fourth-order valence-corrected chi connectivity index (χ4v) is 0.863. The highest BCUT2D eigenvalue weighted by atomic mass is 16.2. The smallest absolute Gasteiger partial charge is 0.314 e. The van der Waals surface area contributed by atoms with Gasteiger partial charge in [0.15, 0.2) is 0 Å². The molecule has 0 spiro atoms. The van der Waals surface area contributed by atoms with Crippen LogP contribution < -0.4 is 5.32 Å². The third-order valence-electron chi connectivity index (χ3n) is 1.39. The molecular formula is C7H8N2O2. The Morgan fingerprint density at radius 1 is 1.64 bits per heavy atom. The minimum absolute atomic E-state index is 0.139. The second-order valence-corrected chi connectivity index (χ2v) is 2.23. The molecule has 0 radical (unpaired) electrons. The molecule has 0 saturated carbocycles. The maximum Gasteiger partial charge on any atom is 0.324 e. The number of hydrogen-bond donors (Lipinski definition) is 1. The van der Waals surface area contributed by atoms with Crippen LogP contribution in [0.1, 0.15) is 6.42 Å². The van der Waals surface area contributed by atoms with Gasteiger partial charge in [-0.2, -0.15) is 0 Å². The zero-order valence-corrected chi connectivity index (χ0v) is 5.96. The zero-order valence-electron chi connectivity index (χ0n) is 5.96. The average Bonchev–Trinajstić information content (AvgIpc) is 2.26. The van der Waals surface area contributed by atoms with E-state index in [2.05, 4.69) is 11.2 Å². The summed E-state index contributed by atoms with van der Waals surface area (Å²) in [5.41, 5.74) is 0. The van der Waals surface area contributed by atoms with E-state index in [-0.39, 0.29) is 18.5 Å². The molecule has 0 aromatic heterocycles. The molecule has 1 N–H and O–H groups in total. The Bertz CT molecular complexity index is 229. The van der Waals surface area contributed by atoms with E-state index < -0.39 is 0 Å². The second kappa shape index (κ2) is 3.06. The van der Waals surface area contributed by atoms with Gasteiger partial charge in [0, 0.05) is 13.0 Å². The lowest BCUT2D eigenvalue weighted by Gasteiger charge is -2.09. The Kier molecular flexibility index (Phi) is 2.12. The van der Waals surface area contributed by atoms with Gasteiger partial charge in [-0.1, -0.05) is 0 Å². The Morgan fingerprint density at radius 3 is 2.82 bits per heavy atom. The van der Waals surface area contributed by atoms with Crippen molar-refractivity contribution < 1.29 is 9.59 Å². The van der Waals surface area contributed by atoms with Gasteiger partial charge in [0.05, 0.1) is 0 Å². The molecule has 1 saturated heterocycles. The van der Waals surface area contributed by atoms with Crippen LogP contribution >= 0.6 is 0 Å². The van der Waals surface area contributed by atoms with Crippen LogP contribution in [0.4, 0.5) is 4.79 Å². The number of rotatable bonds is 2. The van der Waals surface area contributed by atoms with Crippen molar-refractivity contribution in [2.75, 3.05) is 13.1 Å². The van der Waals surface area contributed by atoms with Crippen molar-refractivity contribution >= 4 is 11.9 Å². The number of urea groups is 1. The third-order valence-corrected chi connectivity index (χ3v) is 1.39. The first kappa shape index (κ1) is 7.61. The van der Waals surface area contributed by atoms with Crippen LogP contribution in [0.25, 0.3) is 0 Å². The maximum absolute atomic E-state index is 10.8.